The maximum Gasteiger partial charge on any atom is 0.363 e. The van der Waals surface area contributed by atoms with Crippen LogP contribution < -0.4 is 15.6 Å². The van der Waals surface area contributed by atoms with Crippen molar-refractivity contribution in [3.05, 3.63) is 65.2 Å². The van der Waals surface area contributed by atoms with Gasteiger partial charge in [-0.2, -0.15) is 10.2 Å². The summed E-state index contributed by atoms with van der Waals surface area (Å²) in [6.45, 7) is 1.75. The van der Waals surface area contributed by atoms with Crippen molar-refractivity contribution >= 4 is 46.2 Å². The van der Waals surface area contributed by atoms with E-state index in [0.29, 0.717) is 31.9 Å². The third-order valence-electron chi connectivity index (χ3n) is 5.36. The summed E-state index contributed by atoms with van der Waals surface area (Å²) in [4.78, 5) is 29.4. The van der Waals surface area contributed by atoms with E-state index in [0.717, 1.165) is 16.7 Å². The van der Waals surface area contributed by atoms with E-state index in [4.69, 9.17) is 21.7 Å². The van der Waals surface area contributed by atoms with Gasteiger partial charge in [0, 0.05) is 26.6 Å². The van der Waals surface area contributed by atoms with Crippen molar-refractivity contribution < 1.29 is 33.8 Å². The molecule has 0 radical (unpaired) electrons. The molecule has 2 unspecified atom stereocenters. The number of methoxy groups -OCH3 is 1. The number of ether oxygens (including phenoxy) is 2. The molecule has 2 aromatic carbocycles. The smallest absolute Gasteiger partial charge is 0.363 e. The highest BCUT2D eigenvalue weighted by atomic mass is 32.1. The Hall–Kier alpha value is -2.31. The number of aliphatic hydroxyl groups is 1. The fourth-order valence-corrected chi connectivity index (χ4v) is 4.40. The maximum atomic E-state index is 11.4. The number of benzene rings is 2. The zero-order valence-corrected chi connectivity index (χ0v) is 24.4. The van der Waals surface area contributed by atoms with Crippen LogP contribution in [0.2, 0.25) is 0 Å². The summed E-state index contributed by atoms with van der Waals surface area (Å²) < 4.78 is 22.2. The van der Waals surface area contributed by atoms with Gasteiger partial charge < -0.3 is 34.2 Å². The van der Waals surface area contributed by atoms with E-state index < -0.39 is 21.5 Å². The van der Waals surface area contributed by atoms with Crippen LogP contribution in [0.5, 0.6) is 5.75 Å². The van der Waals surface area contributed by atoms with Crippen molar-refractivity contribution in [3.63, 3.8) is 0 Å². The van der Waals surface area contributed by atoms with Gasteiger partial charge in [-0.25, -0.2) is 0 Å². The zero-order valence-electron chi connectivity index (χ0n) is 21.7. The molecule has 0 aliphatic rings. The van der Waals surface area contributed by atoms with Crippen molar-refractivity contribution in [2.75, 3.05) is 33.9 Å². The molecule has 2 aromatic rings. The third-order valence-corrected chi connectivity index (χ3v) is 8.52. The minimum Gasteiger partial charge on any atom is -0.494 e. The molecule has 2 rings (SSSR count). The molecular weight excluding hydrogens is 564 g/mol. The van der Waals surface area contributed by atoms with Gasteiger partial charge in [0.15, 0.2) is 0 Å². The van der Waals surface area contributed by atoms with Gasteiger partial charge in [-0.05, 0) is 54.5 Å². The van der Waals surface area contributed by atoms with Gasteiger partial charge in [-0.1, -0.05) is 36.4 Å². The topological polar surface area (TPSA) is 168 Å². The number of nitrogens with zero attached hydrogens (tertiary/aromatic N) is 3. The van der Waals surface area contributed by atoms with Crippen molar-refractivity contribution in [1.29, 1.82) is 0 Å². The van der Waals surface area contributed by atoms with Crippen LogP contribution in [0.1, 0.15) is 29.5 Å². The lowest BCUT2D eigenvalue weighted by molar-refractivity contribution is 0.139. The number of rotatable bonds is 16. The molecule has 0 saturated carbocycles. The highest BCUT2D eigenvalue weighted by Crippen LogP contribution is 2.58. The molecule has 6 N–H and O–H groups in total. The lowest BCUT2D eigenvalue weighted by Gasteiger charge is -2.28. The number of nitrogens with one attached hydrogen (secondary N) is 2. The summed E-state index contributed by atoms with van der Waals surface area (Å²) in [5.74, 6) is 0.653. The van der Waals surface area contributed by atoms with Gasteiger partial charge in [0.05, 0.1) is 34.5 Å². The Morgan fingerprint density at radius 2 is 1.79 bits per heavy atom. The van der Waals surface area contributed by atoms with Crippen LogP contribution in [0.4, 0.5) is 0 Å². The summed E-state index contributed by atoms with van der Waals surface area (Å²) in [7, 11) is -2.68. The summed E-state index contributed by atoms with van der Waals surface area (Å²) in [5.41, 5.74) is 8.17. The monoisotopic (exact) mass is 599 g/mol. The molecular formula is C24H35N5O7P2S. The Bertz CT molecular complexity index is 1150. The van der Waals surface area contributed by atoms with E-state index in [9.17, 15) is 24.4 Å². The summed E-state index contributed by atoms with van der Waals surface area (Å²) in [6, 6.07) is 15.1. The van der Waals surface area contributed by atoms with Crippen LogP contribution >= 0.6 is 28.6 Å². The number of hydrogen-bond donors (Lipinski definition) is 6. The Balaban J connectivity index is 1.70. The lowest BCUT2D eigenvalue weighted by atomic mass is 10.1. The molecule has 0 aromatic heterocycles. The van der Waals surface area contributed by atoms with E-state index in [-0.39, 0.29) is 18.1 Å². The Kier molecular flexibility index (Phi) is 14.1. The molecule has 0 aliphatic carbocycles. The first kappa shape index (κ1) is 32.9. The third kappa shape index (κ3) is 12.2. The van der Waals surface area contributed by atoms with E-state index in [2.05, 4.69) is 21.1 Å². The van der Waals surface area contributed by atoms with Gasteiger partial charge in [0.2, 0.25) is 10.2 Å². The molecule has 12 nitrogen and oxygen atoms in total. The van der Waals surface area contributed by atoms with Gasteiger partial charge in [0.1, 0.15) is 5.75 Å². The summed E-state index contributed by atoms with van der Waals surface area (Å²) in [5, 5.41) is 16.0. The molecule has 0 spiro atoms. The lowest BCUT2D eigenvalue weighted by Crippen LogP contribution is -2.31. The maximum absolute atomic E-state index is 11.4. The van der Waals surface area contributed by atoms with Gasteiger partial charge in [-0.3, -0.25) is 15.4 Å². The highest BCUT2D eigenvalue weighted by molar-refractivity contribution is 7.80. The Labute approximate surface area is 235 Å². The highest BCUT2D eigenvalue weighted by Gasteiger charge is 2.44. The van der Waals surface area contributed by atoms with Crippen molar-refractivity contribution in [2.45, 2.75) is 24.5 Å². The molecule has 0 fully saturated rings. The Morgan fingerprint density at radius 1 is 1.13 bits per heavy atom. The quantitative estimate of drug-likeness (QED) is 0.0550. The standard InChI is InChI=1S/C24H35N5O7P2S/c1-29(13-11-24(30,37-31)38(32,33)34)12-4-14-36-22-6-3-5-21(15-22)17-26-28-23(39)27-25-16-19-7-9-20(10-8-19)18-35-2/h3,5-10,15-17,30-31,37H,4,11-14,18H2,1-2H3,(H2,27,28,39)(H2,32,33,34)/b25-16+,26-17+. The van der Waals surface area contributed by atoms with Crippen LogP contribution in [-0.4, -0.2) is 81.2 Å². The van der Waals surface area contributed by atoms with Crippen molar-refractivity contribution in [2.24, 2.45) is 10.2 Å². The largest absolute Gasteiger partial charge is 0.494 e. The Morgan fingerprint density at radius 3 is 2.41 bits per heavy atom. The summed E-state index contributed by atoms with van der Waals surface area (Å²) in [6.07, 6.45) is 3.64. The minimum atomic E-state index is -4.82. The molecule has 39 heavy (non-hydrogen) atoms. The predicted molar refractivity (Wildman–Crippen MR) is 157 cm³/mol. The second-order valence-corrected chi connectivity index (χ2v) is 12.3. The van der Waals surface area contributed by atoms with E-state index >= 15 is 0 Å². The second kappa shape index (κ2) is 16.7. The number of thiocarbonyl (C=S) groups is 1. The van der Waals surface area contributed by atoms with Crippen LogP contribution in [0.15, 0.2) is 58.7 Å². The first-order valence-corrected chi connectivity index (χ1v) is 14.8. The molecule has 0 heterocycles. The molecule has 15 heteroatoms. The number of hydrazone groups is 2. The van der Waals surface area contributed by atoms with E-state index in [1.807, 2.05) is 48.5 Å². The van der Waals surface area contributed by atoms with Crippen molar-refractivity contribution in [1.82, 2.24) is 15.8 Å². The van der Waals surface area contributed by atoms with Gasteiger partial charge in [-0.15, -0.1) is 0 Å². The molecule has 0 saturated heterocycles. The van der Waals surface area contributed by atoms with Crippen LogP contribution in [0, 0.1) is 0 Å². The predicted octanol–water partition coefficient (Wildman–Crippen LogP) is 2.17. The van der Waals surface area contributed by atoms with Crippen LogP contribution in [-0.2, 0) is 15.9 Å². The second-order valence-electron chi connectivity index (χ2n) is 8.54. The molecule has 0 aliphatic heterocycles. The minimum absolute atomic E-state index is 0.206. The van der Waals surface area contributed by atoms with Gasteiger partial charge >= 0.3 is 7.60 Å². The first-order chi connectivity index (χ1) is 18.6. The van der Waals surface area contributed by atoms with Gasteiger partial charge in [0.25, 0.3) is 0 Å². The van der Waals surface area contributed by atoms with E-state index in [1.165, 1.54) is 0 Å². The SMILES string of the molecule is COCc1ccc(/C=N/NC(=S)N/N=C/c2cccc(OCCCN(C)CCC(O)(PO)P(=O)(O)O)c2)cc1. The first-order valence-electron chi connectivity index (χ1n) is 11.9. The zero-order chi connectivity index (χ0) is 28.7. The molecule has 214 valence electrons. The van der Waals surface area contributed by atoms with Crippen molar-refractivity contribution in [3.8, 4) is 5.75 Å². The average Bonchev–Trinajstić information content (AvgIpc) is 2.90. The number of hydrogen-bond acceptors (Lipinski definition) is 9. The summed E-state index contributed by atoms with van der Waals surface area (Å²) >= 11 is 5.16. The van der Waals surface area contributed by atoms with Crippen LogP contribution in [0.3, 0.4) is 0 Å². The fourth-order valence-electron chi connectivity index (χ4n) is 3.16. The normalized spacial score (nSPS) is 13.9. The molecule has 2 atom stereocenters. The fraction of sp³-hybridized carbons (Fsp3) is 0.375. The molecule has 0 amide bonds. The van der Waals surface area contributed by atoms with Crippen LogP contribution in [0.25, 0.3) is 0 Å². The average molecular weight is 600 g/mol. The molecule has 0 bridgehead atoms. The van der Waals surface area contributed by atoms with E-state index in [1.54, 1.807) is 31.5 Å².